The van der Waals surface area contributed by atoms with Gasteiger partial charge in [-0.05, 0) is 25.0 Å². The van der Waals surface area contributed by atoms with Gasteiger partial charge in [-0.2, -0.15) is 0 Å². The highest BCUT2D eigenvalue weighted by molar-refractivity contribution is 5.72. The van der Waals surface area contributed by atoms with Crippen LogP contribution in [0.3, 0.4) is 0 Å². The molecule has 0 atom stereocenters. The molecule has 0 fully saturated rings. The zero-order valence-electron chi connectivity index (χ0n) is 11.2. The maximum Gasteiger partial charge on any atom is 0.135 e. The molecule has 2 rings (SSSR count). The molecule has 0 saturated carbocycles. The van der Waals surface area contributed by atoms with Gasteiger partial charge in [-0.1, -0.05) is 19.9 Å². The van der Waals surface area contributed by atoms with E-state index in [1.165, 1.54) is 18.2 Å². The minimum Gasteiger partial charge on any atom is -0.383 e. The van der Waals surface area contributed by atoms with Crippen molar-refractivity contribution < 1.29 is 8.78 Å². The number of nitrogen functional groups attached to an aromatic ring is 1. The third-order valence-corrected chi connectivity index (χ3v) is 2.94. The molecule has 0 aliphatic rings. The fraction of sp³-hybridized carbons (Fsp3) is 0.357. The standard InChI is InChI=1S/C14H17F2N3/c1-8(2)7-19-9(3)18-13(14(19)17)12-10(15)5-4-6-11(12)16/h4-6,8H,7,17H2,1-3H3. The Morgan fingerprint density at radius 3 is 2.37 bits per heavy atom. The number of benzene rings is 1. The van der Waals surface area contributed by atoms with E-state index in [0.717, 1.165) is 0 Å². The molecule has 2 aromatic rings. The fourth-order valence-electron chi connectivity index (χ4n) is 2.09. The van der Waals surface area contributed by atoms with Crippen LogP contribution in [-0.4, -0.2) is 9.55 Å². The predicted molar refractivity (Wildman–Crippen MR) is 71.6 cm³/mol. The third kappa shape index (κ3) is 2.45. The van der Waals surface area contributed by atoms with Crippen LogP contribution in [0.1, 0.15) is 19.7 Å². The number of imidazole rings is 1. The Balaban J connectivity index is 2.58. The first-order valence-corrected chi connectivity index (χ1v) is 6.18. The Morgan fingerprint density at radius 1 is 1.26 bits per heavy atom. The topological polar surface area (TPSA) is 43.8 Å². The minimum atomic E-state index is -0.652. The second-order valence-electron chi connectivity index (χ2n) is 4.99. The van der Waals surface area contributed by atoms with Crippen molar-refractivity contribution in [3.63, 3.8) is 0 Å². The van der Waals surface area contributed by atoms with Gasteiger partial charge in [0, 0.05) is 6.54 Å². The van der Waals surface area contributed by atoms with E-state index in [0.29, 0.717) is 24.1 Å². The first-order chi connectivity index (χ1) is 8.91. The average Bonchev–Trinajstić information content (AvgIpc) is 2.57. The van der Waals surface area contributed by atoms with Crippen molar-refractivity contribution in [2.24, 2.45) is 5.92 Å². The molecular weight excluding hydrogens is 248 g/mol. The van der Waals surface area contributed by atoms with Gasteiger partial charge in [-0.15, -0.1) is 0 Å². The molecule has 3 nitrogen and oxygen atoms in total. The number of nitrogens with zero attached hydrogens (tertiary/aromatic N) is 2. The highest BCUT2D eigenvalue weighted by Crippen LogP contribution is 2.31. The van der Waals surface area contributed by atoms with Crippen LogP contribution < -0.4 is 5.73 Å². The van der Waals surface area contributed by atoms with Gasteiger partial charge < -0.3 is 10.3 Å². The van der Waals surface area contributed by atoms with E-state index in [1.54, 1.807) is 11.5 Å². The molecule has 0 unspecified atom stereocenters. The molecule has 1 aromatic heterocycles. The first-order valence-electron chi connectivity index (χ1n) is 6.18. The molecule has 19 heavy (non-hydrogen) atoms. The summed E-state index contributed by atoms with van der Waals surface area (Å²) in [5, 5.41) is 0. The summed E-state index contributed by atoms with van der Waals surface area (Å²) in [6.07, 6.45) is 0. The summed E-state index contributed by atoms with van der Waals surface area (Å²) in [7, 11) is 0. The van der Waals surface area contributed by atoms with Crippen molar-refractivity contribution in [2.75, 3.05) is 5.73 Å². The minimum absolute atomic E-state index is 0.161. The van der Waals surface area contributed by atoms with E-state index in [2.05, 4.69) is 4.98 Å². The summed E-state index contributed by atoms with van der Waals surface area (Å²) in [6.45, 7) is 6.53. The zero-order valence-corrected chi connectivity index (χ0v) is 11.2. The second kappa shape index (κ2) is 4.99. The molecule has 0 bridgehead atoms. The van der Waals surface area contributed by atoms with Crippen molar-refractivity contribution in [1.29, 1.82) is 0 Å². The highest BCUT2D eigenvalue weighted by atomic mass is 19.1. The lowest BCUT2D eigenvalue weighted by Crippen LogP contribution is -2.09. The van der Waals surface area contributed by atoms with E-state index in [9.17, 15) is 8.78 Å². The van der Waals surface area contributed by atoms with Crippen molar-refractivity contribution in [3.05, 3.63) is 35.7 Å². The second-order valence-corrected chi connectivity index (χ2v) is 4.99. The smallest absolute Gasteiger partial charge is 0.135 e. The van der Waals surface area contributed by atoms with Crippen LogP contribution in [0.25, 0.3) is 11.3 Å². The maximum absolute atomic E-state index is 13.8. The highest BCUT2D eigenvalue weighted by Gasteiger charge is 2.20. The van der Waals surface area contributed by atoms with Crippen molar-refractivity contribution in [1.82, 2.24) is 9.55 Å². The van der Waals surface area contributed by atoms with Crippen LogP contribution in [0, 0.1) is 24.5 Å². The number of anilines is 1. The van der Waals surface area contributed by atoms with E-state index < -0.39 is 11.6 Å². The lowest BCUT2D eigenvalue weighted by molar-refractivity contribution is 0.518. The summed E-state index contributed by atoms with van der Waals surface area (Å²) in [5.74, 6) is 0.0226. The number of aromatic nitrogens is 2. The lowest BCUT2D eigenvalue weighted by atomic mass is 10.1. The third-order valence-electron chi connectivity index (χ3n) is 2.94. The van der Waals surface area contributed by atoms with Crippen molar-refractivity contribution in [3.8, 4) is 11.3 Å². The number of hydrogen-bond donors (Lipinski definition) is 1. The summed E-state index contributed by atoms with van der Waals surface area (Å²) >= 11 is 0. The summed E-state index contributed by atoms with van der Waals surface area (Å²) in [6, 6.07) is 3.73. The molecule has 2 N–H and O–H groups in total. The van der Waals surface area contributed by atoms with Gasteiger partial charge >= 0.3 is 0 Å². The molecule has 0 radical (unpaired) electrons. The van der Waals surface area contributed by atoms with Gasteiger partial charge in [0.05, 0.1) is 5.56 Å². The van der Waals surface area contributed by atoms with E-state index >= 15 is 0 Å². The Bertz CT molecular complexity index is 583. The fourth-order valence-corrected chi connectivity index (χ4v) is 2.09. The van der Waals surface area contributed by atoms with Gasteiger partial charge in [-0.3, -0.25) is 0 Å². The van der Waals surface area contributed by atoms with Crippen molar-refractivity contribution >= 4 is 5.82 Å². The van der Waals surface area contributed by atoms with Crippen LogP contribution in [0.15, 0.2) is 18.2 Å². The van der Waals surface area contributed by atoms with Crippen molar-refractivity contribution in [2.45, 2.75) is 27.3 Å². The van der Waals surface area contributed by atoms with E-state index in [-0.39, 0.29) is 11.3 Å². The normalized spacial score (nSPS) is 11.3. The number of halogens is 2. The maximum atomic E-state index is 13.8. The Kier molecular flexibility index (Phi) is 3.55. The molecule has 1 heterocycles. The van der Waals surface area contributed by atoms with E-state index in [4.69, 9.17) is 5.73 Å². The average molecular weight is 265 g/mol. The monoisotopic (exact) mass is 265 g/mol. The van der Waals surface area contributed by atoms with Crippen LogP contribution in [0.4, 0.5) is 14.6 Å². The zero-order chi connectivity index (χ0) is 14.2. The van der Waals surface area contributed by atoms with Gasteiger partial charge in [0.15, 0.2) is 0 Å². The number of nitrogens with two attached hydrogens (primary N) is 1. The number of hydrogen-bond acceptors (Lipinski definition) is 2. The molecule has 0 spiro atoms. The van der Waals surface area contributed by atoms with Crippen LogP contribution in [-0.2, 0) is 6.54 Å². The first kappa shape index (κ1) is 13.5. The summed E-state index contributed by atoms with van der Waals surface area (Å²) < 4.78 is 29.3. The van der Waals surface area contributed by atoms with Crippen LogP contribution in [0.2, 0.25) is 0 Å². The van der Waals surface area contributed by atoms with E-state index in [1.807, 2.05) is 13.8 Å². The van der Waals surface area contributed by atoms with Gasteiger partial charge in [-0.25, -0.2) is 13.8 Å². The molecule has 102 valence electrons. The Labute approximate surface area is 111 Å². The number of aryl methyl sites for hydroxylation is 1. The predicted octanol–water partition coefficient (Wildman–Crippen LogP) is 3.37. The van der Waals surface area contributed by atoms with Gasteiger partial charge in [0.2, 0.25) is 0 Å². The molecule has 5 heteroatoms. The molecule has 1 aromatic carbocycles. The Morgan fingerprint density at radius 2 is 1.84 bits per heavy atom. The SMILES string of the molecule is Cc1nc(-c2c(F)cccc2F)c(N)n1CC(C)C. The largest absolute Gasteiger partial charge is 0.383 e. The lowest BCUT2D eigenvalue weighted by Gasteiger charge is -2.10. The van der Waals surface area contributed by atoms with Gasteiger partial charge in [0.25, 0.3) is 0 Å². The van der Waals surface area contributed by atoms with Crippen LogP contribution in [0.5, 0.6) is 0 Å². The molecule has 0 amide bonds. The Hall–Kier alpha value is -1.91. The molecule has 0 aliphatic carbocycles. The van der Waals surface area contributed by atoms with Gasteiger partial charge in [0.1, 0.15) is 29.0 Å². The molecule has 0 saturated heterocycles. The number of rotatable bonds is 3. The van der Waals surface area contributed by atoms with Crippen LogP contribution >= 0.6 is 0 Å². The molecule has 0 aliphatic heterocycles. The summed E-state index contributed by atoms with van der Waals surface area (Å²) in [5.41, 5.74) is 6.00. The summed E-state index contributed by atoms with van der Waals surface area (Å²) in [4.78, 5) is 4.21. The quantitative estimate of drug-likeness (QED) is 0.924. The molecular formula is C14H17F2N3.